The molecule has 0 aliphatic carbocycles. The van der Waals surface area contributed by atoms with E-state index in [1.165, 1.54) is 9.26 Å². The maximum atomic E-state index is 3.40. The van der Waals surface area contributed by atoms with Crippen LogP contribution >= 0.6 is 22.6 Å². The molecule has 0 saturated heterocycles. The van der Waals surface area contributed by atoms with Crippen molar-refractivity contribution in [2.45, 2.75) is 26.3 Å². The van der Waals surface area contributed by atoms with Crippen molar-refractivity contribution in [3.63, 3.8) is 0 Å². The third-order valence-electron chi connectivity index (χ3n) is 1.36. The zero-order valence-electron chi connectivity index (χ0n) is 7.69. The monoisotopic (exact) mass is 275 g/mol. The van der Waals surface area contributed by atoms with Gasteiger partial charge in [-0.1, -0.05) is 0 Å². The van der Waals surface area contributed by atoms with Crippen LogP contribution in [0.3, 0.4) is 0 Å². The third-order valence-corrected chi connectivity index (χ3v) is 2.08. The first-order valence-corrected chi connectivity index (χ1v) is 5.09. The van der Waals surface area contributed by atoms with Crippen LogP contribution in [0.4, 0.5) is 5.69 Å². The van der Waals surface area contributed by atoms with E-state index in [0.29, 0.717) is 0 Å². The highest BCUT2D eigenvalue weighted by Gasteiger charge is 2.08. The van der Waals surface area contributed by atoms with Crippen LogP contribution in [-0.4, -0.2) is 5.54 Å². The average Bonchev–Trinajstić information content (AvgIpc) is 1.91. The molecule has 0 bridgehead atoms. The van der Waals surface area contributed by atoms with Crippen LogP contribution < -0.4 is 5.32 Å². The summed E-state index contributed by atoms with van der Waals surface area (Å²) in [4.78, 5) is 0. The van der Waals surface area contributed by atoms with Crippen molar-refractivity contribution in [2.75, 3.05) is 5.32 Å². The van der Waals surface area contributed by atoms with E-state index >= 15 is 0 Å². The first kappa shape index (κ1) is 9.84. The minimum absolute atomic E-state index is 0.146. The van der Waals surface area contributed by atoms with E-state index in [1.54, 1.807) is 0 Å². The molecule has 0 radical (unpaired) electrons. The molecule has 0 aliphatic rings. The zero-order valence-corrected chi connectivity index (χ0v) is 9.84. The molecule has 0 spiro atoms. The third kappa shape index (κ3) is 3.43. The Balaban J connectivity index is 2.71. The van der Waals surface area contributed by atoms with Gasteiger partial charge in [0.15, 0.2) is 0 Å². The molecular weight excluding hydrogens is 261 g/mol. The average molecular weight is 275 g/mol. The summed E-state index contributed by atoms with van der Waals surface area (Å²) in [5.74, 6) is 0. The number of nitrogens with one attached hydrogen (secondary N) is 1. The van der Waals surface area contributed by atoms with E-state index in [1.807, 2.05) is 0 Å². The van der Waals surface area contributed by atoms with Crippen molar-refractivity contribution in [3.05, 3.63) is 27.8 Å². The first-order valence-electron chi connectivity index (χ1n) is 4.01. The molecule has 1 aromatic carbocycles. The highest BCUT2D eigenvalue weighted by Crippen LogP contribution is 2.15. The Morgan fingerprint density at radius 1 is 1.08 bits per heavy atom. The summed E-state index contributed by atoms with van der Waals surface area (Å²) in [5, 5.41) is 3.40. The summed E-state index contributed by atoms with van der Waals surface area (Å²) in [7, 11) is 0. The van der Waals surface area contributed by atoms with Gasteiger partial charge in [0.05, 0.1) is 0 Å². The van der Waals surface area contributed by atoms with Crippen LogP contribution in [0, 0.1) is 3.57 Å². The van der Waals surface area contributed by atoms with Crippen molar-refractivity contribution < 1.29 is 0 Å². The number of benzene rings is 1. The van der Waals surface area contributed by atoms with E-state index < -0.39 is 0 Å². The Hall–Kier alpha value is -0.250. The van der Waals surface area contributed by atoms with Crippen molar-refractivity contribution in [2.24, 2.45) is 0 Å². The van der Waals surface area contributed by atoms with Crippen LogP contribution in [0.15, 0.2) is 24.3 Å². The lowest BCUT2D eigenvalue weighted by Gasteiger charge is -2.21. The molecule has 1 aromatic rings. The lowest BCUT2D eigenvalue weighted by Crippen LogP contribution is -2.25. The molecule has 1 nitrogen and oxygen atoms in total. The Labute approximate surface area is 87.7 Å². The van der Waals surface area contributed by atoms with E-state index in [2.05, 4.69) is 72.9 Å². The van der Waals surface area contributed by atoms with Crippen LogP contribution in [-0.2, 0) is 0 Å². The van der Waals surface area contributed by atoms with Gasteiger partial charge in [0.2, 0.25) is 0 Å². The van der Waals surface area contributed by atoms with Crippen LogP contribution in [0.2, 0.25) is 0 Å². The maximum absolute atomic E-state index is 3.40. The second-order valence-electron chi connectivity index (χ2n) is 3.88. The summed E-state index contributed by atoms with van der Waals surface area (Å²) in [5.41, 5.74) is 1.33. The largest absolute Gasteiger partial charge is 0.380 e. The molecule has 66 valence electrons. The van der Waals surface area contributed by atoms with E-state index in [9.17, 15) is 0 Å². The van der Waals surface area contributed by atoms with Crippen LogP contribution in [0.25, 0.3) is 0 Å². The number of rotatable bonds is 1. The first-order chi connectivity index (χ1) is 5.47. The fourth-order valence-electron chi connectivity index (χ4n) is 0.966. The van der Waals surface area contributed by atoms with Crippen molar-refractivity contribution in [1.82, 2.24) is 0 Å². The summed E-state index contributed by atoms with van der Waals surface area (Å²) < 4.78 is 1.27. The van der Waals surface area contributed by atoms with E-state index in [-0.39, 0.29) is 5.54 Å². The minimum atomic E-state index is 0.146. The molecule has 12 heavy (non-hydrogen) atoms. The van der Waals surface area contributed by atoms with E-state index in [0.717, 1.165) is 0 Å². The normalized spacial score (nSPS) is 11.3. The molecule has 1 rings (SSSR count). The summed E-state index contributed by atoms with van der Waals surface area (Å²) >= 11 is 2.31. The Morgan fingerprint density at radius 2 is 1.58 bits per heavy atom. The van der Waals surface area contributed by atoms with Crippen molar-refractivity contribution in [3.8, 4) is 0 Å². The van der Waals surface area contributed by atoms with Gasteiger partial charge in [-0.05, 0) is 67.6 Å². The fourth-order valence-corrected chi connectivity index (χ4v) is 1.33. The minimum Gasteiger partial charge on any atom is -0.380 e. The van der Waals surface area contributed by atoms with Gasteiger partial charge in [0.25, 0.3) is 0 Å². The topological polar surface area (TPSA) is 12.0 Å². The summed E-state index contributed by atoms with van der Waals surface area (Å²) in [6, 6.07) is 8.42. The molecule has 0 aromatic heterocycles. The van der Waals surface area contributed by atoms with Gasteiger partial charge in [0.1, 0.15) is 0 Å². The Morgan fingerprint density at radius 3 is 2.00 bits per heavy atom. The highest BCUT2D eigenvalue weighted by atomic mass is 127. The lowest BCUT2D eigenvalue weighted by molar-refractivity contribution is 0.634. The van der Waals surface area contributed by atoms with Crippen molar-refractivity contribution >= 4 is 28.3 Å². The summed E-state index contributed by atoms with van der Waals surface area (Å²) in [6.07, 6.45) is 0. The van der Waals surface area contributed by atoms with Gasteiger partial charge in [0, 0.05) is 14.8 Å². The summed E-state index contributed by atoms with van der Waals surface area (Å²) in [6.45, 7) is 6.47. The number of anilines is 1. The highest BCUT2D eigenvalue weighted by molar-refractivity contribution is 14.1. The molecule has 0 heterocycles. The van der Waals surface area contributed by atoms with Gasteiger partial charge >= 0.3 is 0 Å². The molecule has 0 unspecified atom stereocenters. The SMILES string of the molecule is CC(C)(C)Nc1ccc(I)cc1. The number of hydrogen-bond acceptors (Lipinski definition) is 1. The van der Waals surface area contributed by atoms with Gasteiger partial charge in [-0.2, -0.15) is 0 Å². The molecule has 0 aliphatic heterocycles. The molecular formula is C10H14IN. The molecule has 1 N–H and O–H groups in total. The second-order valence-corrected chi connectivity index (χ2v) is 5.13. The van der Waals surface area contributed by atoms with Crippen LogP contribution in [0.5, 0.6) is 0 Å². The smallest absolute Gasteiger partial charge is 0.0344 e. The quantitative estimate of drug-likeness (QED) is 0.773. The zero-order chi connectivity index (χ0) is 9.19. The lowest BCUT2D eigenvalue weighted by atomic mass is 10.1. The maximum Gasteiger partial charge on any atom is 0.0344 e. The predicted molar refractivity (Wildman–Crippen MR) is 62.5 cm³/mol. The standard InChI is InChI=1S/C10H14IN/c1-10(2,3)12-9-6-4-8(11)5-7-9/h4-7,12H,1-3H3. The molecule has 2 heteroatoms. The predicted octanol–water partition coefficient (Wildman–Crippen LogP) is 3.50. The Bertz CT molecular complexity index is 246. The van der Waals surface area contributed by atoms with Crippen molar-refractivity contribution in [1.29, 1.82) is 0 Å². The number of halogens is 1. The van der Waals surface area contributed by atoms with Gasteiger partial charge in [-0.3, -0.25) is 0 Å². The van der Waals surface area contributed by atoms with Gasteiger partial charge in [-0.15, -0.1) is 0 Å². The molecule has 0 fully saturated rings. The van der Waals surface area contributed by atoms with Gasteiger partial charge < -0.3 is 5.32 Å². The Kier molecular flexibility index (Phi) is 2.99. The second kappa shape index (κ2) is 3.64. The molecule has 0 saturated carbocycles. The fraction of sp³-hybridized carbons (Fsp3) is 0.400. The molecule has 0 atom stereocenters. The molecule has 0 amide bonds. The van der Waals surface area contributed by atoms with E-state index in [4.69, 9.17) is 0 Å². The number of hydrogen-bond donors (Lipinski definition) is 1. The van der Waals surface area contributed by atoms with Gasteiger partial charge in [-0.25, -0.2) is 0 Å². The van der Waals surface area contributed by atoms with Crippen LogP contribution in [0.1, 0.15) is 20.8 Å².